The van der Waals surface area contributed by atoms with Crippen LogP contribution in [0.3, 0.4) is 0 Å². The average molecular weight is 503 g/mol. The number of halogens is 1. The van der Waals surface area contributed by atoms with Crippen LogP contribution in [0.4, 0.5) is 0 Å². The summed E-state index contributed by atoms with van der Waals surface area (Å²) in [4.78, 5) is 67.3. The van der Waals surface area contributed by atoms with Crippen molar-refractivity contribution in [3.8, 4) is 5.75 Å². The van der Waals surface area contributed by atoms with Gasteiger partial charge < -0.3 is 23.9 Å². The van der Waals surface area contributed by atoms with Crippen LogP contribution in [0.2, 0.25) is 5.02 Å². The number of amides is 2. The van der Waals surface area contributed by atoms with E-state index in [1.54, 1.807) is 17.9 Å². The van der Waals surface area contributed by atoms with E-state index in [0.717, 1.165) is 10.6 Å². The van der Waals surface area contributed by atoms with Crippen molar-refractivity contribution in [3.05, 3.63) is 71.3 Å². The molecule has 1 saturated heterocycles. The van der Waals surface area contributed by atoms with Gasteiger partial charge in [-0.25, -0.2) is 9.59 Å². The number of aryl methyl sites for hydroxylation is 1. The summed E-state index contributed by atoms with van der Waals surface area (Å²) in [6, 6.07) is 4.24. The zero-order valence-electron chi connectivity index (χ0n) is 19.3. The molecule has 3 aromatic rings. The van der Waals surface area contributed by atoms with Crippen LogP contribution in [-0.2, 0) is 18.3 Å². The van der Waals surface area contributed by atoms with Crippen molar-refractivity contribution in [2.24, 2.45) is 7.05 Å². The van der Waals surface area contributed by atoms with Gasteiger partial charge in [0.25, 0.3) is 11.5 Å². The highest BCUT2D eigenvalue weighted by atomic mass is 35.5. The van der Waals surface area contributed by atoms with Gasteiger partial charge in [-0.05, 0) is 18.6 Å². The van der Waals surface area contributed by atoms with Crippen molar-refractivity contribution in [2.45, 2.75) is 13.3 Å². The highest BCUT2D eigenvalue weighted by molar-refractivity contribution is 6.32. The summed E-state index contributed by atoms with van der Waals surface area (Å²) in [6.45, 7) is 2.62. The van der Waals surface area contributed by atoms with Crippen LogP contribution < -0.4 is 21.6 Å². The first-order valence-electron chi connectivity index (χ1n) is 10.8. The number of nitrogens with zero attached hydrogens (tertiary/aromatic N) is 3. The maximum atomic E-state index is 13.0. The maximum absolute atomic E-state index is 13.0. The van der Waals surface area contributed by atoms with Gasteiger partial charge in [0.15, 0.2) is 0 Å². The molecule has 0 bridgehead atoms. The van der Waals surface area contributed by atoms with Crippen LogP contribution >= 0.6 is 11.6 Å². The van der Waals surface area contributed by atoms with E-state index in [-0.39, 0.29) is 49.8 Å². The standard InChI is InChI=1S/C23H23ClN4O7/c1-12-13-8-15(24)18(34-3)11-17(13)35-22(32)14(12)9-20(30)27-4-6-28(7-5-27)21(31)16-10-19(29)26(2)23(33)25-16/h8,10-11H,4-7,9H2,1-3H3,(H,25,33). The van der Waals surface area contributed by atoms with Crippen molar-refractivity contribution >= 4 is 34.4 Å². The minimum absolute atomic E-state index is 0.0995. The molecular weight excluding hydrogens is 480 g/mol. The van der Waals surface area contributed by atoms with Gasteiger partial charge in [0.2, 0.25) is 5.91 Å². The number of hydrogen-bond donors (Lipinski definition) is 1. The molecular formula is C23H23ClN4O7. The van der Waals surface area contributed by atoms with E-state index >= 15 is 0 Å². The molecule has 4 rings (SSSR count). The summed E-state index contributed by atoms with van der Waals surface area (Å²) >= 11 is 6.21. The summed E-state index contributed by atoms with van der Waals surface area (Å²) in [5.41, 5.74) is -0.841. The van der Waals surface area contributed by atoms with Crippen LogP contribution in [0.1, 0.15) is 21.6 Å². The topological polar surface area (TPSA) is 135 Å². The molecule has 35 heavy (non-hydrogen) atoms. The van der Waals surface area contributed by atoms with Gasteiger partial charge in [0, 0.05) is 50.7 Å². The van der Waals surface area contributed by atoms with E-state index in [2.05, 4.69) is 4.98 Å². The first-order chi connectivity index (χ1) is 16.6. The Balaban J connectivity index is 1.47. The van der Waals surface area contributed by atoms with Crippen molar-refractivity contribution < 1.29 is 18.7 Å². The van der Waals surface area contributed by atoms with Gasteiger partial charge in [-0.2, -0.15) is 0 Å². The maximum Gasteiger partial charge on any atom is 0.340 e. The van der Waals surface area contributed by atoms with Crippen LogP contribution in [0.15, 0.2) is 37.0 Å². The average Bonchev–Trinajstić information content (AvgIpc) is 2.84. The fourth-order valence-corrected chi connectivity index (χ4v) is 4.25. The minimum Gasteiger partial charge on any atom is -0.495 e. The molecule has 184 valence electrons. The number of carbonyl (C=O) groups excluding carboxylic acids is 2. The lowest BCUT2D eigenvalue weighted by Gasteiger charge is -2.34. The Morgan fingerprint density at radius 3 is 2.37 bits per heavy atom. The summed E-state index contributed by atoms with van der Waals surface area (Å²) in [7, 11) is 2.77. The minimum atomic E-state index is -0.681. The Morgan fingerprint density at radius 1 is 1.09 bits per heavy atom. The monoisotopic (exact) mass is 502 g/mol. The Labute approximate surface area is 203 Å². The van der Waals surface area contributed by atoms with Crippen molar-refractivity contribution in [2.75, 3.05) is 33.3 Å². The lowest BCUT2D eigenvalue weighted by molar-refractivity contribution is -0.132. The molecule has 2 amide bonds. The number of hydrogen-bond acceptors (Lipinski definition) is 7. The van der Waals surface area contributed by atoms with E-state index in [9.17, 15) is 24.0 Å². The van der Waals surface area contributed by atoms with Crippen molar-refractivity contribution in [3.63, 3.8) is 0 Å². The van der Waals surface area contributed by atoms with E-state index in [1.165, 1.54) is 25.1 Å². The van der Waals surface area contributed by atoms with E-state index in [4.69, 9.17) is 20.8 Å². The molecule has 2 aromatic heterocycles. The Hall–Kier alpha value is -3.86. The smallest absolute Gasteiger partial charge is 0.340 e. The molecule has 1 aromatic carbocycles. The third-order valence-electron chi connectivity index (χ3n) is 6.18. The number of nitrogens with one attached hydrogen (secondary N) is 1. The Kier molecular flexibility index (Phi) is 6.53. The third-order valence-corrected chi connectivity index (χ3v) is 6.48. The van der Waals surface area contributed by atoms with Crippen LogP contribution in [-0.4, -0.2) is 64.5 Å². The molecule has 0 atom stereocenters. The number of fused-ring (bicyclic) bond motifs is 1. The summed E-state index contributed by atoms with van der Waals surface area (Å²) in [5, 5.41) is 0.962. The first-order valence-corrected chi connectivity index (χ1v) is 11.2. The SMILES string of the molecule is COc1cc2oc(=O)c(CC(=O)N3CCN(C(=O)c4cc(=O)n(C)c(=O)[nH]4)CC3)c(C)c2cc1Cl. The number of piperazine rings is 1. The number of benzene rings is 1. The highest BCUT2D eigenvalue weighted by Crippen LogP contribution is 2.31. The highest BCUT2D eigenvalue weighted by Gasteiger charge is 2.27. The molecule has 0 saturated carbocycles. The molecule has 12 heteroatoms. The van der Waals surface area contributed by atoms with Gasteiger partial charge in [-0.15, -0.1) is 0 Å². The number of ether oxygens (including phenoxy) is 1. The molecule has 0 aliphatic carbocycles. The number of aromatic amines is 1. The Morgan fingerprint density at radius 2 is 1.74 bits per heavy atom. The number of carbonyl (C=O) groups is 2. The summed E-state index contributed by atoms with van der Waals surface area (Å²) in [6.07, 6.45) is -0.163. The van der Waals surface area contributed by atoms with Gasteiger partial charge in [0.05, 0.1) is 24.1 Å². The fourth-order valence-electron chi connectivity index (χ4n) is 4.01. The molecule has 3 heterocycles. The first kappa shape index (κ1) is 24.3. The second-order valence-corrected chi connectivity index (χ2v) is 8.62. The molecule has 11 nitrogen and oxygen atoms in total. The van der Waals surface area contributed by atoms with Crippen molar-refractivity contribution in [1.82, 2.24) is 19.4 Å². The molecule has 0 radical (unpaired) electrons. The van der Waals surface area contributed by atoms with E-state index in [1.807, 2.05) is 0 Å². The third kappa shape index (κ3) is 4.59. The predicted molar refractivity (Wildman–Crippen MR) is 127 cm³/mol. The van der Waals surface area contributed by atoms with Crippen LogP contribution in [0.5, 0.6) is 5.75 Å². The van der Waals surface area contributed by atoms with Crippen LogP contribution in [0, 0.1) is 6.92 Å². The molecule has 1 aliphatic rings. The molecule has 0 unspecified atom stereocenters. The number of methoxy groups -OCH3 is 1. The molecule has 1 fully saturated rings. The van der Waals surface area contributed by atoms with Gasteiger partial charge in [-0.1, -0.05) is 11.6 Å². The second kappa shape index (κ2) is 9.41. The summed E-state index contributed by atoms with van der Waals surface area (Å²) in [5.74, 6) is -0.406. The molecule has 1 aliphatic heterocycles. The van der Waals surface area contributed by atoms with Gasteiger partial charge >= 0.3 is 11.3 Å². The number of aromatic nitrogens is 2. The zero-order chi connectivity index (χ0) is 25.4. The van der Waals surface area contributed by atoms with Crippen molar-refractivity contribution in [1.29, 1.82) is 0 Å². The summed E-state index contributed by atoms with van der Waals surface area (Å²) < 4.78 is 11.4. The fraction of sp³-hybridized carbons (Fsp3) is 0.348. The predicted octanol–water partition coefficient (Wildman–Crippen LogP) is 0.678. The number of rotatable bonds is 4. The largest absolute Gasteiger partial charge is 0.495 e. The number of H-pyrrole nitrogens is 1. The van der Waals surface area contributed by atoms with Gasteiger partial charge in [-0.3, -0.25) is 19.0 Å². The normalized spacial score (nSPS) is 13.8. The van der Waals surface area contributed by atoms with E-state index in [0.29, 0.717) is 27.3 Å². The second-order valence-electron chi connectivity index (χ2n) is 8.21. The lowest BCUT2D eigenvalue weighted by atomic mass is 10.0. The van der Waals surface area contributed by atoms with E-state index < -0.39 is 22.8 Å². The molecule has 1 N–H and O–H groups in total. The quantitative estimate of drug-likeness (QED) is 0.518. The van der Waals surface area contributed by atoms with Gasteiger partial charge in [0.1, 0.15) is 17.0 Å². The Bertz CT molecular complexity index is 1480. The lowest BCUT2D eigenvalue weighted by Crippen LogP contribution is -2.51. The van der Waals surface area contributed by atoms with Crippen LogP contribution in [0.25, 0.3) is 11.0 Å². The molecule has 0 spiro atoms. The zero-order valence-corrected chi connectivity index (χ0v) is 20.1.